The Kier molecular flexibility index (Phi) is 5.79. The average Bonchev–Trinajstić information content (AvgIpc) is 2.27. The molecule has 1 aromatic carbocycles. The molecular weight excluding hydrogens is 198 g/mol. The van der Waals surface area contributed by atoms with Gasteiger partial charge in [0, 0.05) is 13.3 Å². The lowest BCUT2D eigenvalue weighted by molar-refractivity contribution is 0.173. The van der Waals surface area contributed by atoms with Gasteiger partial charge in [0.15, 0.2) is 0 Å². The van der Waals surface area contributed by atoms with E-state index in [2.05, 4.69) is 31.0 Å². The fourth-order valence-electron chi connectivity index (χ4n) is 1.64. The van der Waals surface area contributed by atoms with Gasteiger partial charge in [-0.15, -0.1) is 0 Å². The SMILES string of the molecule is COC[C@@H](CC(C)C)N=Cc1ccccc1. The maximum atomic E-state index is 5.18. The zero-order valence-corrected chi connectivity index (χ0v) is 10.4. The van der Waals surface area contributed by atoms with Crippen LogP contribution in [0.1, 0.15) is 25.8 Å². The monoisotopic (exact) mass is 219 g/mol. The summed E-state index contributed by atoms with van der Waals surface area (Å²) in [5.74, 6) is 0.646. The predicted octanol–water partition coefficient (Wildman–Crippen LogP) is 3.17. The third-order valence-corrected chi connectivity index (χ3v) is 2.34. The predicted molar refractivity (Wildman–Crippen MR) is 69.2 cm³/mol. The molecule has 0 aromatic heterocycles. The molecule has 16 heavy (non-hydrogen) atoms. The highest BCUT2D eigenvalue weighted by molar-refractivity contribution is 5.79. The lowest BCUT2D eigenvalue weighted by Crippen LogP contribution is -2.15. The molecule has 2 heteroatoms. The van der Waals surface area contributed by atoms with Crippen LogP contribution in [0.25, 0.3) is 0 Å². The van der Waals surface area contributed by atoms with Crippen molar-refractivity contribution in [2.24, 2.45) is 10.9 Å². The van der Waals surface area contributed by atoms with Gasteiger partial charge in [0.2, 0.25) is 0 Å². The standard InChI is InChI=1S/C14H21NO/c1-12(2)9-14(11-16-3)15-10-13-7-5-4-6-8-13/h4-8,10,12,14H,9,11H2,1-3H3/t14-/m1/s1. The van der Waals surface area contributed by atoms with Gasteiger partial charge in [-0.05, 0) is 17.9 Å². The van der Waals surface area contributed by atoms with Crippen LogP contribution in [0, 0.1) is 5.92 Å². The summed E-state index contributed by atoms with van der Waals surface area (Å²) < 4.78 is 5.18. The summed E-state index contributed by atoms with van der Waals surface area (Å²) in [6.07, 6.45) is 3.00. The van der Waals surface area contributed by atoms with E-state index < -0.39 is 0 Å². The first-order valence-electron chi connectivity index (χ1n) is 5.79. The second kappa shape index (κ2) is 7.18. The Morgan fingerprint density at radius 3 is 2.50 bits per heavy atom. The van der Waals surface area contributed by atoms with Crippen molar-refractivity contribution in [2.75, 3.05) is 13.7 Å². The summed E-state index contributed by atoms with van der Waals surface area (Å²) in [5, 5.41) is 0. The molecule has 0 radical (unpaired) electrons. The zero-order chi connectivity index (χ0) is 11.8. The van der Waals surface area contributed by atoms with Crippen LogP contribution in [0.4, 0.5) is 0 Å². The lowest BCUT2D eigenvalue weighted by Gasteiger charge is -2.13. The van der Waals surface area contributed by atoms with Gasteiger partial charge in [0.05, 0.1) is 12.6 Å². The first-order valence-corrected chi connectivity index (χ1v) is 5.79. The van der Waals surface area contributed by atoms with Gasteiger partial charge < -0.3 is 4.74 Å². The Morgan fingerprint density at radius 2 is 1.94 bits per heavy atom. The van der Waals surface area contributed by atoms with E-state index in [-0.39, 0.29) is 6.04 Å². The van der Waals surface area contributed by atoms with Gasteiger partial charge in [-0.3, -0.25) is 4.99 Å². The molecule has 1 aromatic rings. The van der Waals surface area contributed by atoms with Crippen LogP contribution in [-0.2, 0) is 4.74 Å². The highest BCUT2D eigenvalue weighted by Gasteiger charge is 2.07. The van der Waals surface area contributed by atoms with Gasteiger partial charge in [-0.2, -0.15) is 0 Å². The topological polar surface area (TPSA) is 21.6 Å². The summed E-state index contributed by atoms with van der Waals surface area (Å²) in [5.41, 5.74) is 1.15. The number of rotatable bonds is 6. The number of hydrogen-bond donors (Lipinski definition) is 0. The third kappa shape index (κ3) is 5.08. The van der Waals surface area contributed by atoms with E-state index in [0.717, 1.165) is 12.0 Å². The average molecular weight is 219 g/mol. The minimum Gasteiger partial charge on any atom is -0.382 e. The maximum absolute atomic E-state index is 5.18. The number of ether oxygens (including phenoxy) is 1. The molecule has 0 amide bonds. The van der Waals surface area contributed by atoms with Crippen molar-refractivity contribution in [1.82, 2.24) is 0 Å². The first kappa shape index (κ1) is 12.9. The molecule has 0 aliphatic heterocycles. The molecule has 0 fully saturated rings. The second-order valence-electron chi connectivity index (χ2n) is 4.43. The highest BCUT2D eigenvalue weighted by Crippen LogP contribution is 2.08. The molecule has 0 unspecified atom stereocenters. The van der Waals surface area contributed by atoms with E-state index in [9.17, 15) is 0 Å². The Bertz CT molecular complexity index is 306. The first-order chi connectivity index (χ1) is 7.72. The quantitative estimate of drug-likeness (QED) is 0.673. The lowest BCUT2D eigenvalue weighted by atomic mass is 10.1. The van der Waals surface area contributed by atoms with Crippen LogP contribution in [0.15, 0.2) is 35.3 Å². The maximum Gasteiger partial charge on any atom is 0.0735 e. The van der Waals surface area contributed by atoms with Gasteiger partial charge in [-0.25, -0.2) is 0 Å². The Morgan fingerprint density at radius 1 is 1.25 bits per heavy atom. The molecule has 0 saturated heterocycles. The molecule has 0 aliphatic rings. The summed E-state index contributed by atoms with van der Waals surface area (Å²) in [6.45, 7) is 5.11. The minimum atomic E-state index is 0.269. The molecule has 0 spiro atoms. The summed E-state index contributed by atoms with van der Waals surface area (Å²) >= 11 is 0. The molecular formula is C14H21NO. The van der Waals surface area contributed by atoms with Gasteiger partial charge >= 0.3 is 0 Å². The van der Waals surface area contributed by atoms with Gasteiger partial charge in [0.25, 0.3) is 0 Å². The smallest absolute Gasteiger partial charge is 0.0735 e. The molecule has 0 N–H and O–H groups in total. The van der Waals surface area contributed by atoms with Crippen LogP contribution in [0.3, 0.4) is 0 Å². The van der Waals surface area contributed by atoms with E-state index in [1.807, 2.05) is 24.4 Å². The molecule has 0 saturated carbocycles. The van der Waals surface area contributed by atoms with Crippen molar-refractivity contribution in [3.63, 3.8) is 0 Å². The fourth-order valence-corrected chi connectivity index (χ4v) is 1.64. The molecule has 1 atom stereocenters. The van der Waals surface area contributed by atoms with Crippen molar-refractivity contribution in [1.29, 1.82) is 0 Å². The summed E-state index contributed by atoms with van der Waals surface area (Å²) in [6, 6.07) is 10.4. The van der Waals surface area contributed by atoms with Crippen molar-refractivity contribution < 1.29 is 4.74 Å². The fraction of sp³-hybridized carbons (Fsp3) is 0.500. The largest absolute Gasteiger partial charge is 0.382 e. The van der Waals surface area contributed by atoms with E-state index in [1.165, 1.54) is 0 Å². The minimum absolute atomic E-state index is 0.269. The van der Waals surface area contributed by atoms with Crippen molar-refractivity contribution in [3.05, 3.63) is 35.9 Å². The number of benzene rings is 1. The number of nitrogens with zero attached hydrogens (tertiary/aromatic N) is 1. The third-order valence-electron chi connectivity index (χ3n) is 2.34. The van der Waals surface area contributed by atoms with E-state index in [0.29, 0.717) is 12.5 Å². The molecule has 88 valence electrons. The number of hydrogen-bond acceptors (Lipinski definition) is 2. The Hall–Kier alpha value is -1.15. The van der Waals surface area contributed by atoms with E-state index >= 15 is 0 Å². The number of aliphatic imine (C=N–C) groups is 1. The normalized spacial score (nSPS) is 13.5. The molecule has 1 rings (SSSR count). The Labute approximate surface area is 98.4 Å². The van der Waals surface area contributed by atoms with Gasteiger partial charge in [0.1, 0.15) is 0 Å². The van der Waals surface area contributed by atoms with E-state index in [4.69, 9.17) is 4.74 Å². The highest BCUT2D eigenvalue weighted by atomic mass is 16.5. The van der Waals surface area contributed by atoms with E-state index in [1.54, 1.807) is 7.11 Å². The second-order valence-corrected chi connectivity index (χ2v) is 4.43. The van der Waals surface area contributed by atoms with Crippen LogP contribution in [-0.4, -0.2) is 26.0 Å². The van der Waals surface area contributed by atoms with Crippen LogP contribution in [0.5, 0.6) is 0 Å². The summed E-state index contributed by atoms with van der Waals surface area (Å²) in [4.78, 5) is 4.57. The molecule has 2 nitrogen and oxygen atoms in total. The number of methoxy groups -OCH3 is 1. The van der Waals surface area contributed by atoms with Crippen LogP contribution >= 0.6 is 0 Å². The van der Waals surface area contributed by atoms with Crippen molar-refractivity contribution in [2.45, 2.75) is 26.3 Å². The van der Waals surface area contributed by atoms with Crippen molar-refractivity contribution >= 4 is 6.21 Å². The zero-order valence-electron chi connectivity index (χ0n) is 10.4. The summed E-state index contributed by atoms with van der Waals surface area (Å²) in [7, 11) is 1.73. The Balaban J connectivity index is 2.57. The van der Waals surface area contributed by atoms with Crippen LogP contribution < -0.4 is 0 Å². The van der Waals surface area contributed by atoms with Crippen molar-refractivity contribution in [3.8, 4) is 0 Å². The van der Waals surface area contributed by atoms with Gasteiger partial charge in [-0.1, -0.05) is 44.2 Å². The molecule has 0 bridgehead atoms. The van der Waals surface area contributed by atoms with Crippen LogP contribution in [0.2, 0.25) is 0 Å². The molecule has 0 heterocycles. The molecule has 0 aliphatic carbocycles.